The molecule has 1 aliphatic rings. The minimum Gasteiger partial charge on any atom is -0.315 e. The van der Waals surface area contributed by atoms with Crippen LogP contribution in [0.1, 0.15) is 45.1 Å². The van der Waals surface area contributed by atoms with E-state index in [9.17, 15) is 0 Å². The maximum Gasteiger partial charge on any atom is 0.0365 e. The predicted octanol–water partition coefficient (Wildman–Crippen LogP) is 3.53. The van der Waals surface area contributed by atoms with Gasteiger partial charge in [0.15, 0.2) is 0 Å². The average molecular weight is 280 g/mol. The Morgan fingerprint density at radius 1 is 1.32 bits per heavy atom. The first-order valence-corrected chi connectivity index (χ1v) is 8.64. The van der Waals surface area contributed by atoms with Gasteiger partial charge in [0, 0.05) is 11.6 Å². The molecule has 1 aliphatic carbocycles. The lowest BCUT2D eigenvalue weighted by Gasteiger charge is -2.46. The van der Waals surface area contributed by atoms with E-state index >= 15 is 0 Å². The predicted molar refractivity (Wildman–Crippen MR) is 85.0 cm³/mol. The van der Waals surface area contributed by atoms with Crippen molar-refractivity contribution in [2.45, 2.75) is 57.5 Å². The van der Waals surface area contributed by atoms with Crippen LogP contribution in [0.4, 0.5) is 0 Å². The summed E-state index contributed by atoms with van der Waals surface area (Å²) in [7, 11) is 2.14. The van der Waals surface area contributed by atoms with Gasteiger partial charge in [-0.05, 0) is 61.8 Å². The molecule has 1 unspecified atom stereocenters. The Balaban J connectivity index is 2.20. The zero-order valence-corrected chi connectivity index (χ0v) is 13.4. The molecule has 1 aromatic rings. The molecular formula is C16H28N2S. The fourth-order valence-corrected chi connectivity index (χ4v) is 4.61. The molecule has 0 spiro atoms. The molecular weight excluding hydrogens is 252 g/mol. The third kappa shape index (κ3) is 3.04. The third-order valence-electron chi connectivity index (χ3n) is 4.88. The first-order chi connectivity index (χ1) is 9.26. The number of rotatable bonds is 7. The largest absolute Gasteiger partial charge is 0.315 e. The second kappa shape index (κ2) is 6.87. The topological polar surface area (TPSA) is 15.3 Å². The molecule has 2 rings (SSSR count). The second-order valence-electron chi connectivity index (χ2n) is 5.66. The van der Waals surface area contributed by atoms with Crippen molar-refractivity contribution in [3.05, 3.63) is 22.4 Å². The van der Waals surface area contributed by atoms with Crippen molar-refractivity contribution in [2.75, 3.05) is 20.1 Å². The first-order valence-electron chi connectivity index (χ1n) is 7.70. The fourth-order valence-electron chi connectivity index (χ4n) is 3.93. The van der Waals surface area contributed by atoms with Crippen LogP contribution in [0.15, 0.2) is 16.8 Å². The van der Waals surface area contributed by atoms with Gasteiger partial charge in [0.1, 0.15) is 0 Å². The monoisotopic (exact) mass is 280 g/mol. The zero-order chi connectivity index (χ0) is 13.7. The van der Waals surface area contributed by atoms with E-state index in [1.165, 1.54) is 31.2 Å². The van der Waals surface area contributed by atoms with Crippen LogP contribution in [0.3, 0.4) is 0 Å². The smallest absolute Gasteiger partial charge is 0.0365 e. The maximum absolute atomic E-state index is 3.64. The Morgan fingerprint density at radius 3 is 2.47 bits per heavy atom. The highest BCUT2D eigenvalue weighted by Crippen LogP contribution is 2.39. The Hall–Kier alpha value is -0.380. The lowest BCUT2D eigenvalue weighted by Crippen LogP contribution is -2.60. The molecule has 1 fully saturated rings. The minimum absolute atomic E-state index is 0.375. The van der Waals surface area contributed by atoms with E-state index in [1.54, 1.807) is 0 Å². The summed E-state index contributed by atoms with van der Waals surface area (Å²) in [6.07, 6.45) is 6.64. The van der Waals surface area contributed by atoms with Crippen molar-refractivity contribution < 1.29 is 0 Å². The van der Waals surface area contributed by atoms with E-state index < -0.39 is 0 Å². The molecule has 0 bridgehead atoms. The van der Waals surface area contributed by atoms with E-state index in [-0.39, 0.29) is 0 Å². The van der Waals surface area contributed by atoms with E-state index in [0.717, 1.165) is 19.5 Å². The highest BCUT2D eigenvalue weighted by molar-refractivity contribution is 7.07. The second-order valence-corrected chi connectivity index (χ2v) is 6.44. The Kier molecular flexibility index (Phi) is 5.43. The van der Waals surface area contributed by atoms with Gasteiger partial charge >= 0.3 is 0 Å². The van der Waals surface area contributed by atoms with Crippen LogP contribution in [0.2, 0.25) is 0 Å². The average Bonchev–Trinajstić information content (AvgIpc) is 3.09. The lowest BCUT2D eigenvalue weighted by molar-refractivity contribution is 0.0659. The summed E-state index contributed by atoms with van der Waals surface area (Å²) < 4.78 is 0. The number of likely N-dealkylation sites (N-methyl/N-ethyl adjacent to an activating group) is 2. The molecule has 19 heavy (non-hydrogen) atoms. The van der Waals surface area contributed by atoms with Crippen LogP contribution in [0.25, 0.3) is 0 Å². The number of thiophene rings is 1. The molecule has 2 nitrogen and oxygen atoms in total. The van der Waals surface area contributed by atoms with Gasteiger partial charge in [0.05, 0.1) is 0 Å². The van der Waals surface area contributed by atoms with Crippen LogP contribution in [0.5, 0.6) is 0 Å². The van der Waals surface area contributed by atoms with Gasteiger partial charge in [0.25, 0.3) is 0 Å². The fraction of sp³-hybridized carbons (Fsp3) is 0.750. The molecule has 0 aromatic carbocycles. The highest BCUT2D eigenvalue weighted by atomic mass is 32.1. The summed E-state index contributed by atoms with van der Waals surface area (Å²) in [6, 6.07) is 2.85. The summed E-state index contributed by atoms with van der Waals surface area (Å²) >= 11 is 1.81. The van der Waals surface area contributed by atoms with Crippen LogP contribution in [-0.2, 0) is 6.42 Å². The highest BCUT2D eigenvalue weighted by Gasteiger charge is 2.44. The SMILES string of the molecule is CCN(CC)C1(C(Cc2ccsc2)NC)CCCC1. The van der Waals surface area contributed by atoms with Crippen molar-refractivity contribution in [1.82, 2.24) is 10.2 Å². The van der Waals surface area contributed by atoms with Crippen LogP contribution < -0.4 is 5.32 Å². The van der Waals surface area contributed by atoms with Gasteiger partial charge in [0.2, 0.25) is 0 Å². The Labute approximate surface area is 122 Å². The van der Waals surface area contributed by atoms with Gasteiger partial charge in [-0.15, -0.1) is 0 Å². The zero-order valence-electron chi connectivity index (χ0n) is 12.6. The molecule has 3 heteroatoms. The lowest BCUT2D eigenvalue weighted by atomic mass is 9.82. The van der Waals surface area contributed by atoms with Gasteiger partial charge in [-0.25, -0.2) is 0 Å². The molecule has 1 aromatic heterocycles. The number of nitrogens with one attached hydrogen (secondary N) is 1. The first kappa shape index (κ1) is 15.0. The van der Waals surface area contributed by atoms with Crippen molar-refractivity contribution in [1.29, 1.82) is 0 Å². The van der Waals surface area contributed by atoms with Crippen LogP contribution >= 0.6 is 11.3 Å². The van der Waals surface area contributed by atoms with E-state index in [0.29, 0.717) is 11.6 Å². The van der Waals surface area contributed by atoms with Crippen molar-refractivity contribution >= 4 is 11.3 Å². The van der Waals surface area contributed by atoms with Gasteiger partial charge in [-0.3, -0.25) is 4.90 Å². The van der Waals surface area contributed by atoms with Crippen molar-refractivity contribution in [2.24, 2.45) is 0 Å². The Morgan fingerprint density at radius 2 is 2.00 bits per heavy atom. The molecule has 0 radical (unpaired) electrons. The Bertz CT molecular complexity index is 351. The maximum atomic E-state index is 3.64. The number of hydrogen-bond donors (Lipinski definition) is 1. The molecule has 1 atom stereocenters. The molecule has 1 N–H and O–H groups in total. The van der Waals surface area contributed by atoms with Crippen LogP contribution in [-0.4, -0.2) is 36.6 Å². The number of hydrogen-bond acceptors (Lipinski definition) is 3. The summed E-state index contributed by atoms with van der Waals surface area (Å²) in [4.78, 5) is 2.70. The molecule has 108 valence electrons. The molecule has 1 heterocycles. The normalized spacial score (nSPS) is 20.0. The molecule has 0 amide bonds. The van der Waals surface area contributed by atoms with Gasteiger partial charge < -0.3 is 5.32 Å². The molecule has 1 saturated carbocycles. The summed E-state index contributed by atoms with van der Waals surface area (Å²) in [5, 5.41) is 8.13. The quantitative estimate of drug-likeness (QED) is 0.822. The standard InChI is InChI=1S/C16H28N2S/c1-4-18(5-2)16(9-6-7-10-16)15(17-3)12-14-8-11-19-13-14/h8,11,13,15,17H,4-7,9-10,12H2,1-3H3. The number of nitrogens with zero attached hydrogens (tertiary/aromatic N) is 1. The van der Waals surface area contributed by atoms with E-state index in [4.69, 9.17) is 0 Å². The summed E-state index contributed by atoms with van der Waals surface area (Å²) in [5.41, 5.74) is 1.86. The molecule has 0 aliphatic heterocycles. The van der Waals surface area contributed by atoms with Gasteiger partial charge in [-0.2, -0.15) is 11.3 Å². The van der Waals surface area contributed by atoms with Crippen molar-refractivity contribution in [3.8, 4) is 0 Å². The molecule has 0 saturated heterocycles. The van der Waals surface area contributed by atoms with E-state index in [2.05, 4.69) is 47.9 Å². The third-order valence-corrected chi connectivity index (χ3v) is 5.61. The van der Waals surface area contributed by atoms with Crippen molar-refractivity contribution in [3.63, 3.8) is 0 Å². The van der Waals surface area contributed by atoms with Gasteiger partial charge in [-0.1, -0.05) is 26.7 Å². The minimum atomic E-state index is 0.375. The summed E-state index contributed by atoms with van der Waals surface area (Å²) in [5.74, 6) is 0. The van der Waals surface area contributed by atoms with Crippen LogP contribution in [0, 0.1) is 0 Å². The van der Waals surface area contributed by atoms with E-state index in [1.807, 2.05) is 11.3 Å². The summed E-state index contributed by atoms with van der Waals surface area (Å²) in [6.45, 7) is 6.94.